The second kappa shape index (κ2) is 8.70. The minimum Gasteiger partial charge on any atom is -0.339 e. The molecular formula is C23H27N3O4S. The molecule has 1 heterocycles. The van der Waals surface area contributed by atoms with Crippen molar-refractivity contribution in [3.8, 4) is 0 Å². The van der Waals surface area contributed by atoms with Crippen LogP contribution in [0.15, 0.2) is 53.4 Å². The number of aryl methyl sites for hydroxylation is 1. The maximum Gasteiger partial charge on any atom is 0.261 e. The van der Waals surface area contributed by atoms with Crippen LogP contribution in [0.4, 0.5) is 5.69 Å². The number of anilines is 1. The van der Waals surface area contributed by atoms with Gasteiger partial charge in [0.15, 0.2) is 0 Å². The summed E-state index contributed by atoms with van der Waals surface area (Å²) in [6.07, 6.45) is 3.05. The van der Waals surface area contributed by atoms with Crippen molar-refractivity contribution in [3.63, 3.8) is 0 Å². The van der Waals surface area contributed by atoms with E-state index in [4.69, 9.17) is 0 Å². The summed E-state index contributed by atoms with van der Waals surface area (Å²) in [5.74, 6) is 0.141. The summed E-state index contributed by atoms with van der Waals surface area (Å²) in [6.45, 7) is 3.88. The summed E-state index contributed by atoms with van der Waals surface area (Å²) >= 11 is 0. The summed E-state index contributed by atoms with van der Waals surface area (Å²) in [5.41, 5.74) is 1.82. The Morgan fingerprint density at radius 1 is 0.935 bits per heavy atom. The summed E-state index contributed by atoms with van der Waals surface area (Å²) in [5, 5.41) is 0. The van der Waals surface area contributed by atoms with Gasteiger partial charge in [-0.2, -0.15) is 0 Å². The van der Waals surface area contributed by atoms with Crippen LogP contribution >= 0.6 is 0 Å². The number of piperazine rings is 1. The molecule has 2 fully saturated rings. The van der Waals surface area contributed by atoms with Crippen molar-refractivity contribution in [2.75, 3.05) is 30.9 Å². The zero-order valence-electron chi connectivity index (χ0n) is 17.6. The number of nitrogens with one attached hydrogen (secondary N) is 1. The molecule has 0 unspecified atom stereocenters. The van der Waals surface area contributed by atoms with Gasteiger partial charge in [-0.05, 0) is 50.1 Å². The molecule has 1 saturated carbocycles. The minimum atomic E-state index is -3.81. The lowest BCUT2D eigenvalue weighted by atomic mass is 9.84. The normalized spacial score (nSPS) is 17.2. The lowest BCUT2D eigenvalue weighted by Gasteiger charge is -2.38. The Balaban J connectivity index is 1.42. The molecule has 164 valence electrons. The van der Waals surface area contributed by atoms with E-state index in [-0.39, 0.29) is 22.6 Å². The van der Waals surface area contributed by atoms with Crippen LogP contribution in [-0.4, -0.2) is 56.2 Å². The number of carbonyl (C=O) groups is 2. The van der Waals surface area contributed by atoms with E-state index in [9.17, 15) is 18.0 Å². The third kappa shape index (κ3) is 4.74. The number of carbonyl (C=O) groups excluding carboxylic acids is 2. The fraction of sp³-hybridized carbons (Fsp3) is 0.391. The second-order valence-corrected chi connectivity index (χ2v) is 9.93. The lowest BCUT2D eigenvalue weighted by molar-refractivity contribution is -0.139. The molecule has 8 heteroatoms. The standard InChI is InChI=1S/C23H27N3O4S/c1-17-8-10-20(11-9-17)24-31(29,30)21-7-3-6-19(16-21)23(28)26-14-12-25(13-15-26)22(27)18-4-2-5-18/h3,6-11,16,18,24H,2,4-5,12-15H2,1H3. The van der Waals surface area contributed by atoms with E-state index >= 15 is 0 Å². The molecule has 1 N–H and O–H groups in total. The zero-order valence-corrected chi connectivity index (χ0v) is 18.4. The van der Waals surface area contributed by atoms with Gasteiger partial charge in [0, 0.05) is 43.3 Å². The fourth-order valence-electron chi connectivity index (χ4n) is 3.86. The van der Waals surface area contributed by atoms with Gasteiger partial charge >= 0.3 is 0 Å². The van der Waals surface area contributed by atoms with Crippen molar-refractivity contribution >= 4 is 27.5 Å². The maximum absolute atomic E-state index is 13.0. The van der Waals surface area contributed by atoms with Crippen molar-refractivity contribution in [1.29, 1.82) is 0 Å². The lowest BCUT2D eigenvalue weighted by Crippen LogP contribution is -2.52. The molecule has 0 aromatic heterocycles. The third-order valence-corrected chi connectivity index (χ3v) is 7.41. The van der Waals surface area contributed by atoms with Gasteiger partial charge in [-0.15, -0.1) is 0 Å². The van der Waals surface area contributed by atoms with Gasteiger partial charge in [0.25, 0.3) is 15.9 Å². The van der Waals surface area contributed by atoms with Gasteiger partial charge in [0.2, 0.25) is 5.91 Å². The minimum absolute atomic E-state index is 0.0396. The molecule has 1 aliphatic heterocycles. The molecule has 2 amide bonds. The number of rotatable bonds is 5. The number of sulfonamides is 1. The highest BCUT2D eigenvalue weighted by Gasteiger charge is 2.32. The van der Waals surface area contributed by atoms with Gasteiger partial charge in [-0.1, -0.05) is 30.2 Å². The van der Waals surface area contributed by atoms with E-state index in [0.29, 0.717) is 37.4 Å². The van der Waals surface area contributed by atoms with Crippen molar-refractivity contribution in [1.82, 2.24) is 9.80 Å². The first kappa shape index (κ1) is 21.4. The molecule has 1 saturated heterocycles. The molecule has 2 aliphatic rings. The summed E-state index contributed by atoms with van der Waals surface area (Å²) in [7, 11) is -3.81. The first-order valence-corrected chi connectivity index (χ1v) is 12.1. The zero-order chi connectivity index (χ0) is 22.0. The number of benzene rings is 2. The topological polar surface area (TPSA) is 86.8 Å². The van der Waals surface area contributed by atoms with E-state index in [1.807, 2.05) is 24.0 Å². The van der Waals surface area contributed by atoms with Gasteiger partial charge in [-0.3, -0.25) is 14.3 Å². The van der Waals surface area contributed by atoms with Crippen LogP contribution in [0.1, 0.15) is 35.2 Å². The maximum atomic E-state index is 13.0. The van der Waals surface area contributed by atoms with E-state index in [1.165, 1.54) is 12.1 Å². The predicted molar refractivity (Wildman–Crippen MR) is 118 cm³/mol. The SMILES string of the molecule is Cc1ccc(NS(=O)(=O)c2cccc(C(=O)N3CCN(C(=O)C4CCC4)CC3)c2)cc1. The van der Waals surface area contributed by atoms with E-state index in [0.717, 1.165) is 24.8 Å². The van der Waals surface area contributed by atoms with Crippen molar-refractivity contribution in [2.45, 2.75) is 31.1 Å². The number of amides is 2. The molecule has 2 aromatic carbocycles. The Hall–Kier alpha value is -2.87. The largest absolute Gasteiger partial charge is 0.339 e. The molecule has 2 aromatic rings. The number of hydrogen-bond donors (Lipinski definition) is 1. The van der Waals surface area contributed by atoms with Gasteiger partial charge in [0.1, 0.15) is 0 Å². The molecule has 1 aliphatic carbocycles. The van der Waals surface area contributed by atoms with Crippen LogP contribution in [0.2, 0.25) is 0 Å². The van der Waals surface area contributed by atoms with Crippen LogP contribution in [0.25, 0.3) is 0 Å². The molecule has 31 heavy (non-hydrogen) atoms. The molecule has 0 atom stereocenters. The summed E-state index contributed by atoms with van der Waals surface area (Å²) in [4.78, 5) is 28.9. The highest BCUT2D eigenvalue weighted by Crippen LogP contribution is 2.28. The quantitative estimate of drug-likeness (QED) is 0.773. The molecule has 0 bridgehead atoms. The Bertz CT molecular complexity index is 1070. The van der Waals surface area contributed by atoms with E-state index in [2.05, 4.69) is 4.72 Å². The van der Waals surface area contributed by atoms with Crippen LogP contribution in [-0.2, 0) is 14.8 Å². The molecule has 7 nitrogen and oxygen atoms in total. The van der Waals surface area contributed by atoms with Crippen LogP contribution in [0, 0.1) is 12.8 Å². The number of nitrogens with zero attached hydrogens (tertiary/aromatic N) is 2. The van der Waals surface area contributed by atoms with Crippen LogP contribution in [0.3, 0.4) is 0 Å². The molecule has 0 radical (unpaired) electrons. The summed E-state index contributed by atoms with van der Waals surface area (Å²) in [6, 6.07) is 13.1. The molecule has 4 rings (SSSR count). The van der Waals surface area contributed by atoms with Crippen molar-refractivity contribution in [2.24, 2.45) is 5.92 Å². The van der Waals surface area contributed by atoms with E-state index in [1.54, 1.807) is 29.2 Å². The average molecular weight is 442 g/mol. The van der Waals surface area contributed by atoms with Gasteiger partial charge in [0.05, 0.1) is 4.90 Å². The average Bonchev–Trinajstić information content (AvgIpc) is 2.74. The molecule has 0 spiro atoms. The Kier molecular flexibility index (Phi) is 6.00. The first-order chi connectivity index (χ1) is 14.8. The van der Waals surface area contributed by atoms with Gasteiger partial charge in [-0.25, -0.2) is 8.42 Å². The van der Waals surface area contributed by atoms with Crippen molar-refractivity contribution < 1.29 is 18.0 Å². The number of hydrogen-bond acceptors (Lipinski definition) is 4. The van der Waals surface area contributed by atoms with E-state index < -0.39 is 10.0 Å². The summed E-state index contributed by atoms with van der Waals surface area (Å²) < 4.78 is 28.1. The Labute approximate surface area is 183 Å². The van der Waals surface area contributed by atoms with Crippen LogP contribution in [0.5, 0.6) is 0 Å². The second-order valence-electron chi connectivity index (χ2n) is 8.24. The smallest absolute Gasteiger partial charge is 0.261 e. The highest BCUT2D eigenvalue weighted by molar-refractivity contribution is 7.92. The molecular weight excluding hydrogens is 414 g/mol. The van der Waals surface area contributed by atoms with Gasteiger partial charge < -0.3 is 9.80 Å². The predicted octanol–water partition coefficient (Wildman–Crippen LogP) is 2.88. The highest BCUT2D eigenvalue weighted by atomic mass is 32.2. The Morgan fingerprint density at radius 3 is 2.19 bits per heavy atom. The van der Waals surface area contributed by atoms with Crippen LogP contribution < -0.4 is 4.72 Å². The fourth-order valence-corrected chi connectivity index (χ4v) is 4.96. The monoisotopic (exact) mass is 441 g/mol. The first-order valence-electron chi connectivity index (χ1n) is 10.6. The third-order valence-electron chi connectivity index (χ3n) is 6.03. The van der Waals surface area contributed by atoms with Crippen molar-refractivity contribution in [3.05, 3.63) is 59.7 Å². The Morgan fingerprint density at radius 2 is 1.58 bits per heavy atom.